The fourth-order valence-corrected chi connectivity index (χ4v) is 1.44. The van der Waals surface area contributed by atoms with Crippen molar-refractivity contribution in [1.29, 1.82) is 5.26 Å². The molecule has 0 bridgehead atoms. The van der Waals surface area contributed by atoms with Gasteiger partial charge in [-0.3, -0.25) is 4.79 Å². The van der Waals surface area contributed by atoms with Crippen molar-refractivity contribution in [2.75, 3.05) is 0 Å². The van der Waals surface area contributed by atoms with Gasteiger partial charge in [0.25, 0.3) is 0 Å². The highest BCUT2D eigenvalue weighted by molar-refractivity contribution is 5.86. The van der Waals surface area contributed by atoms with Crippen LogP contribution < -0.4 is 5.32 Å². The first-order chi connectivity index (χ1) is 7.65. The van der Waals surface area contributed by atoms with Crippen LogP contribution in [0.4, 0.5) is 0 Å². The first kappa shape index (κ1) is 12.5. The molecule has 0 saturated heterocycles. The average molecular weight is 224 g/mol. The van der Waals surface area contributed by atoms with Crippen molar-refractivity contribution in [2.45, 2.75) is 44.6 Å². The molecule has 16 heavy (non-hydrogen) atoms. The number of carbonyl (C=O) groups is 2. The molecule has 1 aliphatic carbocycles. The van der Waals surface area contributed by atoms with Crippen LogP contribution in [0.15, 0.2) is 0 Å². The maximum Gasteiger partial charge on any atom is 0.326 e. The number of carboxylic acid groups (broad SMARTS) is 1. The van der Waals surface area contributed by atoms with Gasteiger partial charge in [-0.15, -0.1) is 0 Å². The number of unbranched alkanes of at least 4 members (excludes halogenated alkanes) is 2. The molecule has 1 aliphatic rings. The molecule has 2 N–H and O–H groups in total. The van der Waals surface area contributed by atoms with E-state index in [0.717, 1.165) is 12.8 Å². The second-order valence-corrected chi connectivity index (χ2v) is 4.08. The van der Waals surface area contributed by atoms with Gasteiger partial charge < -0.3 is 10.4 Å². The highest BCUT2D eigenvalue weighted by Crippen LogP contribution is 2.29. The summed E-state index contributed by atoms with van der Waals surface area (Å²) in [5, 5.41) is 19.8. The van der Waals surface area contributed by atoms with Gasteiger partial charge in [-0.25, -0.2) is 4.79 Å². The van der Waals surface area contributed by atoms with Crippen LogP contribution in [0.25, 0.3) is 0 Å². The van der Waals surface area contributed by atoms with E-state index in [4.69, 9.17) is 10.4 Å². The minimum Gasteiger partial charge on any atom is -0.480 e. The number of nitriles is 1. The predicted octanol–water partition coefficient (Wildman–Crippen LogP) is 1.05. The molecule has 1 fully saturated rings. The minimum absolute atomic E-state index is 0.0287. The third-order valence-corrected chi connectivity index (χ3v) is 2.59. The number of nitrogens with one attached hydrogen (secondary N) is 1. The van der Waals surface area contributed by atoms with Gasteiger partial charge in [0.2, 0.25) is 5.91 Å². The van der Waals surface area contributed by atoms with Crippen LogP contribution in [0.3, 0.4) is 0 Å². The molecule has 0 heterocycles. The van der Waals surface area contributed by atoms with Gasteiger partial charge in [0.1, 0.15) is 6.04 Å². The van der Waals surface area contributed by atoms with Crippen LogP contribution in [-0.2, 0) is 9.59 Å². The Kier molecular flexibility index (Phi) is 4.77. The molecule has 5 nitrogen and oxygen atoms in total. The molecule has 0 aromatic carbocycles. The van der Waals surface area contributed by atoms with Crippen molar-refractivity contribution in [3.8, 4) is 6.07 Å². The summed E-state index contributed by atoms with van der Waals surface area (Å²) >= 11 is 0. The number of hydrogen-bond acceptors (Lipinski definition) is 3. The summed E-state index contributed by atoms with van der Waals surface area (Å²) in [5.74, 6) is -1.11. The van der Waals surface area contributed by atoms with Crippen molar-refractivity contribution in [3.63, 3.8) is 0 Å². The van der Waals surface area contributed by atoms with E-state index in [1.807, 2.05) is 6.07 Å². The summed E-state index contributed by atoms with van der Waals surface area (Å²) < 4.78 is 0. The lowest BCUT2D eigenvalue weighted by Crippen LogP contribution is -2.41. The summed E-state index contributed by atoms with van der Waals surface area (Å²) in [6.45, 7) is 0. The second kappa shape index (κ2) is 6.11. The third kappa shape index (κ3) is 4.30. The van der Waals surface area contributed by atoms with Gasteiger partial charge in [0.05, 0.1) is 6.07 Å². The maximum atomic E-state index is 11.4. The van der Waals surface area contributed by atoms with Crippen molar-refractivity contribution in [1.82, 2.24) is 5.32 Å². The summed E-state index contributed by atoms with van der Waals surface area (Å²) in [7, 11) is 0. The monoisotopic (exact) mass is 224 g/mol. The molecule has 88 valence electrons. The van der Waals surface area contributed by atoms with Gasteiger partial charge >= 0.3 is 5.97 Å². The lowest BCUT2D eigenvalue weighted by Gasteiger charge is -2.13. The summed E-state index contributed by atoms with van der Waals surface area (Å²) in [4.78, 5) is 22.2. The third-order valence-electron chi connectivity index (χ3n) is 2.59. The first-order valence-electron chi connectivity index (χ1n) is 5.55. The van der Waals surface area contributed by atoms with Crippen molar-refractivity contribution >= 4 is 11.9 Å². The Morgan fingerprint density at radius 3 is 2.62 bits per heavy atom. The van der Waals surface area contributed by atoms with E-state index in [0.29, 0.717) is 25.7 Å². The molecular weight excluding hydrogens is 208 g/mol. The molecule has 0 spiro atoms. The Morgan fingerprint density at radius 1 is 1.44 bits per heavy atom. The molecule has 0 aromatic heterocycles. The van der Waals surface area contributed by atoms with Crippen LogP contribution in [0.5, 0.6) is 0 Å². The Balaban J connectivity index is 2.26. The standard InChI is InChI=1S/C11H16N2O3/c12-7-3-1-2-4-9(11(15)16)13-10(14)8-5-6-8/h8-9H,1-6H2,(H,13,14)(H,15,16)/t9-/m1/s1. The molecule has 0 aromatic rings. The fraction of sp³-hybridized carbons (Fsp3) is 0.727. The lowest BCUT2D eigenvalue weighted by molar-refractivity contribution is -0.142. The van der Waals surface area contributed by atoms with E-state index >= 15 is 0 Å². The van der Waals surface area contributed by atoms with Crippen LogP contribution in [-0.4, -0.2) is 23.0 Å². The van der Waals surface area contributed by atoms with Gasteiger partial charge in [-0.1, -0.05) is 0 Å². The molecule has 0 aliphatic heterocycles. The smallest absolute Gasteiger partial charge is 0.326 e. The van der Waals surface area contributed by atoms with Crippen LogP contribution in [0.2, 0.25) is 0 Å². The predicted molar refractivity (Wildman–Crippen MR) is 56.4 cm³/mol. The highest BCUT2D eigenvalue weighted by atomic mass is 16.4. The normalized spacial score (nSPS) is 16.2. The Labute approximate surface area is 94.4 Å². The molecule has 0 radical (unpaired) electrons. The van der Waals surface area contributed by atoms with E-state index in [1.165, 1.54) is 0 Å². The Bertz CT molecular complexity index is 305. The first-order valence-corrected chi connectivity index (χ1v) is 5.55. The zero-order valence-electron chi connectivity index (χ0n) is 9.11. The average Bonchev–Trinajstić information content (AvgIpc) is 3.05. The summed E-state index contributed by atoms with van der Waals surface area (Å²) in [6, 6.07) is 1.21. The number of carboxylic acids is 1. The van der Waals surface area contributed by atoms with Gasteiger partial charge in [-0.05, 0) is 32.1 Å². The number of hydrogen-bond donors (Lipinski definition) is 2. The van der Waals surface area contributed by atoms with E-state index in [-0.39, 0.29) is 11.8 Å². The van der Waals surface area contributed by atoms with Gasteiger partial charge in [0, 0.05) is 12.3 Å². The van der Waals surface area contributed by atoms with Crippen molar-refractivity contribution in [2.24, 2.45) is 5.92 Å². The highest BCUT2D eigenvalue weighted by Gasteiger charge is 2.32. The van der Waals surface area contributed by atoms with Gasteiger partial charge in [0.15, 0.2) is 0 Å². The van der Waals surface area contributed by atoms with Crippen LogP contribution >= 0.6 is 0 Å². The molecule has 1 atom stereocenters. The van der Waals surface area contributed by atoms with E-state index in [9.17, 15) is 9.59 Å². The van der Waals surface area contributed by atoms with Gasteiger partial charge in [-0.2, -0.15) is 5.26 Å². The quantitative estimate of drug-likeness (QED) is 0.632. The van der Waals surface area contributed by atoms with Crippen LogP contribution in [0.1, 0.15) is 38.5 Å². The molecule has 1 rings (SSSR count). The SMILES string of the molecule is N#CCCCC[C@@H](NC(=O)C1CC1)C(=O)O. The largest absolute Gasteiger partial charge is 0.480 e. The molecule has 1 amide bonds. The number of amides is 1. The van der Waals surface area contributed by atoms with E-state index in [1.54, 1.807) is 0 Å². The summed E-state index contributed by atoms with van der Waals surface area (Å²) in [6.07, 6.45) is 3.90. The minimum atomic E-state index is -0.994. The van der Waals surface area contributed by atoms with E-state index in [2.05, 4.69) is 5.32 Å². The zero-order chi connectivity index (χ0) is 12.0. The van der Waals surface area contributed by atoms with Crippen molar-refractivity contribution in [3.05, 3.63) is 0 Å². The molecular formula is C11H16N2O3. The van der Waals surface area contributed by atoms with Crippen LogP contribution in [0, 0.1) is 17.2 Å². The number of nitrogens with zero attached hydrogens (tertiary/aromatic N) is 1. The number of carbonyl (C=O) groups excluding carboxylic acids is 1. The number of aliphatic carboxylic acids is 1. The lowest BCUT2D eigenvalue weighted by atomic mass is 10.1. The summed E-state index contributed by atoms with van der Waals surface area (Å²) in [5.41, 5.74) is 0. The topological polar surface area (TPSA) is 90.2 Å². The molecule has 5 heteroatoms. The Hall–Kier alpha value is -1.57. The molecule has 1 saturated carbocycles. The number of rotatable bonds is 7. The zero-order valence-corrected chi connectivity index (χ0v) is 9.11. The molecule has 0 unspecified atom stereocenters. The Morgan fingerprint density at radius 2 is 2.12 bits per heavy atom. The second-order valence-electron chi connectivity index (χ2n) is 4.08. The maximum absolute atomic E-state index is 11.4. The van der Waals surface area contributed by atoms with E-state index < -0.39 is 12.0 Å². The van der Waals surface area contributed by atoms with Crippen molar-refractivity contribution < 1.29 is 14.7 Å². The fourth-order valence-electron chi connectivity index (χ4n) is 1.44.